The van der Waals surface area contributed by atoms with Crippen molar-refractivity contribution in [2.45, 2.75) is 20.8 Å². The van der Waals surface area contributed by atoms with Crippen LogP contribution in [0.4, 0.5) is 0 Å². The van der Waals surface area contributed by atoms with Crippen molar-refractivity contribution in [3.05, 3.63) is 120 Å². The third-order valence-electron chi connectivity index (χ3n) is 8.49. The number of benzene rings is 4. The predicted molar refractivity (Wildman–Crippen MR) is 174 cm³/mol. The Bertz CT molecular complexity index is 2610. The molecule has 0 amide bonds. The number of rotatable bonds is 4. The zero-order valence-electron chi connectivity index (χ0n) is 25.0. The van der Waals surface area contributed by atoms with Crippen molar-refractivity contribution in [2.24, 2.45) is 0 Å². The van der Waals surface area contributed by atoms with Gasteiger partial charge in [-0.05, 0) is 60.5 Å². The number of aromatic nitrogens is 6. The fraction of sp³-hybridized carbons (Fsp3) is 0.0811. The Morgan fingerprint density at radius 2 is 1.54 bits per heavy atom. The van der Waals surface area contributed by atoms with Crippen molar-refractivity contribution in [1.29, 1.82) is 0 Å². The van der Waals surface area contributed by atoms with E-state index >= 15 is 0 Å². The Hall–Kier alpha value is -5.33. The molecule has 0 unspecified atom stereocenters. The first-order valence-electron chi connectivity index (χ1n) is 14.7. The molecular weight excluding hydrogens is 756 g/mol. The van der Waals surface area contributed by atoms with Gasteiger partial charge in [0, 0.05) is 22.3 Å². The Labute approximate surface area is 277 Å². The summed E-state index contributed by atoms with van der Waals surface area (Å²) in [5, 5.41) is 13.5. The smallest absolute Gasteiger partial charge is 0.477 e. The van der Waals surface area contributed by atoms with E-state index in [1.54, 1.807) is 12.5 Å². The monoisotopic (exact) mass is 779 g/mol. The minimum Gasteiger partial charge on any atom is -0.477 e. The van der Waals surface area contributed by atoms with Gasteiger partial charge in [0.05, 0.1) is 11.8 Å². The van der Waals surface area contributed by atoms with E-state index in [2.05, 4.69) is 78.6 Å². The van der Waals surface area contributed by atoms with Crippen LogP contribution in [-0.2, 0) is 21.1 Å². The van der Waals surface area contributed by atoms with Gasteiger partial charge < -0.3 is 13.6 Å². The Balaban J connectivity index is 0.00000312. The molecule has 4 aromatic carbocycles. The van der Waals surface area contributed by atoms with E-state index in [9.17, 15) is 0 Å². The SMILES string of the molecule is Cc1cccc(C)c1-c1cnc(-n2c3[c-]c(Oc4[c-]c5c(c(C)n4)c4ccccc4n4cnnc54)ccc3c3ccccc32)o1.[Pt+2]. The molecule has 9 heteroatoms. The van der Waals surface area contributed by atoms with E-state index in [0.29, 0.717) is 23.3 Å². The summed E-state index contributed by atoms with van der Waals surface area (Å²) < 4.78 is 16.8. The number of fused-ring (bicyclic) bond motifs is 9. The number of ether oxygens (including phenoxy) is 1. The van der Waals surface area contributed by atoms with E-state index < -0.39 is 0 Å². The standard InChI is InChI=1S/C37H24N6O2.Pt/c1-21-9-8-10-22(2)34(21)32-19-38-37(45-32)43-30-14-7-4-11-25(30)26-16-15-24(17-31(26)43)44-33-18-28-35(23(3)40-33)27-12-5-6-13-29(27)42-20-39-41-36(28)42;/h4-16,19-20H,1-3H3;/q-2;+2. The summed E-state index contributed by atoms with van der Waals surface area (Å²) in [6.07, 6.45) is 3.51. The van der Waals surface area contributed by atoms with Gasteiger partial charge in [-0.2, -0.15) is 16.3 Å². The molecule has 0 N–H and O–H groups in total. The summed E-state index contributed by atoms with van der Waals surface area (Å²) in [4.78, 5) is 9.53. The largest absolute Gasteiger partial charge is 2.00 e. The molecular formula is C37H24N6O2Pt. The van der Waals surface area contributed by atoms with E-state index in [1.807, 2.05) is 52.3 Å². The van der Waals surface area contributed by atoms with Crippen LogP contribution in [0.25, 0.3) is 66.5 Å². The first-order chi connectivity index (χ1) is 22.0. The molecule has 0 radical (unpaired) electrons. The Morgan fingerprint density at radius 3 is 2.37 bits per heavy atom. The molecule has 0 spiro atoms. The molecule has 0 bridgehead atoms. The van der Waals surface area contributed by atoms with Gasteiger partial charge in [-0.15, -0.1) is 29.0 Å². The second-order valence-corrected chi connectivity index (χ2v) is 11.2. The first-order valence-corrected chi connectivity index (χ1v) is 14.7. The van der Waals surface area contributed by atoms with Crippen LogP contribution in [0.5, 0.6) is 11.6 Å². The molecule has 0 saturated carbocycles. The van der Waals surface area contributed by atoms with Crippen molar-refractivity contribution in [3.8, 4) is 29.0 Å². The fourth-order valence-corrected chi connectivity index (χ4v) is 6.53. The molecule has 0 saturated heterocycles. The molecule has 0 aliphatic carbocycles. The summed E-state index contributed by atoms with van der Waals surface area (Å²) in [5.41, 5.74) is 7.58. The zero-order chi connectivity index (χ0) is 30.2. The summed E-state index contributed by atoms with van der Waals surface area (Å²) in [5.74, 6) is 1.54. The second-order valence-electron chi connectivity index (χ2n) is 11.2. The molecule has 9 aromatic rings. The minimum atomic E-state index is 0. The number of hydrogen-bond acceptors (Lipinski definition) is 6. The minimum absolute atomic E-state index is 0. The molecule has 0 aliphatic rings. The van der Waals surface area contributed by atoms with Crippen molar-refractivity contribution < 1.29 is 30.2 Å². The molecule has 5 heterocycles. The predicted octanol–water partition coefficient (Wildman–Crippen LogP) is 8.50. The average molecular weight is 780 g/mol. The van der Waals surface area contributed by atoms with Crippen LogP contribution >= 0.6 is 0 Å². The van der Waals surface area contributed by atoms with E-state index in [1.165, 1.54) is 0 Å². The van der Waals surface area contributed by atoms with Gasteiger partial charge in [0.1, 0.15) is 6.33 Å². The van der Waals surface area contributed by atoms with Crippen molar-refractivity contribution in [1.82, 2.24) is 29.1 Å². The number of nitrogens with zero attached hydrogens (tertiary/aromatic N) is 6. The van der Waals surface area contributed by atoms with Crippen LogP contribution in [-0.4, -0.2) is 29.1 Å². The van der Waals surface area contributed by atoms with Gasteiger partial charge in [-0.25, -0.2) is 9.97 Å². The number of para-hydroxylation sites is 2. The van der Waals surface area contributed by atoms with Crippen LogP contribution in [0.2, 0.25) is 0 Å². The number of oxazole rings is 1. The maximum absolute atomic E-state index is 6.44. The van der Waals surface area contributed by atoms with Gasteiger partial charge >= 0.3 is 27.1 Å². The van der Waals surface area contributed by atoms with Crippen molar-refractivity contribution in [3.63, 3.8) is 0 Å². The third kappa shape index (κ3) is 4.17. The quantitative estimate of drug-likeness (QED) is 0.132. The molecule has 5 aromatic heterocycles. The van der Waals surface area contributed by atoms with Crippen LogP contribution in [0.15, 0.2) is 95.8 Å². The topological polar surface area (TPSA) is 83.3 Å². The third-order valence-corrected chi connectivity index (χ3v) is 8.49. The van der Waals surface area contributed by atoms with Gasteiger partial charge in [0.15, 0.2) is 11.6 Å². The first kappa shape index (κ1) is 28.2. The molecule has 46 heavy (non-hydrogen) atoms. The maximum Gasteiger partial charge on any atom is 2.00 e. The van der Waals surface area contributed by atoms with E-state index in [0.717, 1.165) is 71.6 Å². The van der Waals surface area contributed by atoms with Crippen LogP contribution in [0, 0.1) is 32.9 Å². The summed E-state index contributed by atoms with van der Waals surface area (Å²) in [6, 6.07) is 33.8. The molecule has 9 rings (SSSR count). The number of aryl methyl sites for hydroxylation is 3. The van der Waals surface area contributed by atoms with Crippen LogP contribution in [0.3, 0.4) is 0 Å². The summed E-state index contributed by atoms with van der Waals surface area (Å²) in [6.45, 7) is 6.14. The second kappa shape index (κ2) is 10.6. The molecule has 8 nitrogen and oxygen atoms in total. The van der Waals surface area contributed by atoms with Gasteiger partial charge in [0.25, 0.3) is 0 Å². The fourth-order valence-electron chi connectivity index (χ4n) is 6.53. The van der Waals surface area contributed by atoms with Gasteiger partial charge in [0.2, 0.25) is 0 Å². The van der Waals surface area contributed by atoms with E-state index in [4.69, 9.17) is 19.1 Å². The number of pyridine rings is 2. The molecule has 224 valence electrons. The molecule has 0 fully saturated rings. The summed E-state index contributed by atoms with van der Waals surface area (Å²) >= 11 is 0. The normalized spacial score (nSPS) is 11.6. The van der Waals surface area contributed by atoms with Gasteiger partial charge in [-0.1, -0.05) is 65.5 Å². The maximum atomic E-state index is 6.44. The van der Waals surface area contributed by atoms with Crippen LogP contribution in [0.1, 0.15) is 16.8 Å². The van der Waals surface area contributed by atoms with Gasteiger partial charge in [-0.3, -0.25) is 4.57 Å². The Morgan fingerprint density at radius 1 is 0.783 bits per heavy atom. The van der Waals surface area contributed by atoms with Crippen molar-refractivity contribution in [2.75, 3.05) is 0 Å². The average Bonchev–Trinajstić information content (AvgIpc) is 3.79. The van der Waals surface area contributed by atoms with Crippen LogP contribution < -0.4 is 4.74 Å². The number of hydrogen-bond donors (Lipinski definition) is 0. The summed E-state index contributed by atoms with van der Waals surface area (Å²) in [7, 11) is 0. The molecule has 0 aliphatic heterocycles. The van der Waals surface area contributed by atoms with Crippen molar-refractivity contribution >= 4 is 49.1 Å². The Kier molecular flexibility index (Phi) is 6.51. The molecule has 0 atom stereocenters. The zero-order valence-corrected chi connectivity index (χ0v) is 27.2. The van der Waals surface area contributed by atoms with E-state index in [-0.39, 0.29) is 21.1 Å².